The molecule has 1 atom stereocenters. The number of pyridine rings is 1. The molecule has 1 spiro atoms. The molecular weight excluding hydrogens is 245 g/mol. The van der Waals surface area contributed by atoms with Crippen molar-refractivity contribution in [1.29, 1.82) is 0 Å². The first-order chi connectivity index (χ1) is 9.18. The highest BCUT2D eigenvalue weighted by molar-refractivity contribution is 5.78. The number of rotatable bonds is 3. The first kappa shape index (κ1) is 12.5. The van der Waals surface area contributed by atoms with Crippen molar-refractivity contribution in [2.45, 2.75) is 50.2 Å². The van der Waals surface area contributed by atoms with Gasteiger partial charge in [0.25, 0.3) is 0 Å². The first-order valence-corrected chi connectivity index (χ1v) is 6.82. The Kier molecular flexibility index (Phi) is 3.22. The number of carbonyl (C=O) groups is 1. The van der Waals surface area contributed by atoms with Crippen LogP contribution in [0.2, 0.25) is 0 Å². The van der Waals surface area contributed by atoms with Gasteiger partial charge in [-0.15, -0.1) is 0 Å². The lowest BCUT2D eigenvalue weighted by atomic mass is 9.68. The summed E-state index contributed by atoms with van der Waals surface area (Å²) >= 11 is 0. The van der Waals surface area contributed by atoms with Gasteiger partial charge < -0.3 is 10.6 Å². The van der Waals surface area contributed by atoms with Gasteiger partial charge >= 0.3 is 0 Å². The predicted molar refractivity (Wildman–Crippen MR) is 68.8 cm³/mol. The molecule has 1 aromatic heterocycles. The van der Waals surface area contributed by atoms with Crippen LogP contribution in [0.25, 0.3) is 0 Å². The highest BCUT2D eigenvalue weighted by Crippen LogP contribution is 2.38. The Morgan fingerprint density at radius 1 is 1.47 bits per heavy atom. The van der Waals surface area contributed by atoms with Crippen molar-refractivity contribution in [2.24, 2.45) is 0 Å². The molecule has 19 heavy (non-hydrogen) atoms. The maximum absolute atomic E-state index is 13.1. The van der Waals surface area contributed by atoms with E-state index in [1.54, 1.807) is 6.20 Å². The number of nitrogens with zero attached hydrogens (tertiary/aromatic N) is 1. The molecule has 2 aliphatic rings. The maximum atomic E-state index is 13.1. The molecule has 4 nitrogen and oxygen atoms in total. The largest absolute Gasteiger partial charge is 0.349 e. The third kappa shape index (κ3) is 2.47. The summed E-state index contributed by atoms with van der Waals surface area (Å²) in [5.74, 6) is -0.153. The van der Waals surface area contributed by atoms with Crippen LogP contribution in [0.3, 0.4) is 0 Å². The van der Waals surface area contributed by atoms with E-state index in [9.17, 15) is 9.18 Å². The van der Waals surface area contributed by atoms with Gasteiger partial charge in [0.2, 0.25) is 5.91 Å². The second-order valence-corrected chi connectivity index (χ2v) is 5.54. The molecule has 1 unspecified atom stereocenters. The molecule has 2 N–H and O–H groups in total. The van der Waals surface area contributed by atoms with Crippen molar-refractivity contribution in [1.82, 2.24) is 15.6 Å². The van der Waals surface area contributed by atoms with Crippen molar-refractivity contribution in [3.63, 3.8) is 0 Å². The summed E-state index contributed by atoms with van der Waals surface area (Å²) < 4.78 is 13.1. The van der Waals surface area contributed by atoms with E-state index in [2.05, 4.69) is 15.6 Å². The van der Waals surface area contributed by atoms with Crippen LogP contribution in [0, 0.1) is 5.82 Å². The second kappa shape index (κ2) is 4.89. The van der Waals surface area contributed by atoms with Gasteiger partial charge in [0.05, 0.1) is 11.7 Å². The Bertz CT molecular complexity index is 487. The molecule has 0 aromatic carbocycles. The molecule has 2 heterocycles. The fraction of sp³-hybridized carbons (Fsp3) is 0.571. The number of carbonyl (C=O) groups excluding carboxylic acids is 1. The Morgan fingerprint density at radius 3 is 3.00 bits per heavy atom. The molecule has 3 rings (SSSR count). The van der Waals surface area contributed by atoms with Crippen LogP contribution in [0.15, 0.2) is 18.5 Å². The minimum atomic E-state index is -0.311. The summed E-state index contributed by atoms with van der Waals surface area (Å²) in [6.07, 6.45) is 7.55. The minimum Gasteiger partial charge on any atom is -0.349 e. The fourth-order valence-electron chi connectivity index (χ4n) is 3.10. The number of amides is 1. The van der Waals surface area contributed by atoms with Crippen LogP contribution in [-0.4, -0.2) is 22.5 Å². The molecule has 1 aliphatic carbocycles. The number of piperidine rings is 1. The standard InChI is InChI=1S/C14H18FN3O/c15-11-6-10(7-16-9-11)8-17-12-2-3-13(19)18-14(12)4-1-5-14/h6-7,9,12,17H,1-5,8H2,(H,18,19). The molecule has 1 amide bonds. The maximum Gasteiger partial charge on any atom is 0.220 e. The third-order valence-corrected chi connectivity index (χ3v) is 4.28. The average Bonchev–Trinajstić information content (AvgIpc) is 2.35. The highest BCUT2D eigenvalue weighted by atomic mass is 19.1. The van der Waals surface area contributed by atoms with Crippen LogP contribution in [-0.2, 0) is 11.3 Å². The molecule has 1 saturated carbocycles. The van der Waals surface area contributed by atoms with Gasteiger partial charge in [-0.25, -0.2) is 4.39 Å². The SMILES string of the molecule is O=C1CCC(NCc2cncc(F)c2)C2(CCC2)N1. The van der Waals surface area contributed by atoms with Gasteiger partial charge in [0, 0.05) is 25.2 Å². The van der Waals surface area contributed by atoms with E-state index in [-0.39, 0.29) is 23.3 Å². The van der Waals surface area contributed by atoms with Crippen molar-refractivity contribution >= 4 is 5.91 Å². The van der Waals surface area contributed by atoms with E-state index >= 15 is 0 Å². The van der Waals surface area contributed by atoms with E-state index in [0.717, 1.165) is 24.8 Å². The predicted octanol–water partition coefficient (Wildman–Crippen LogP) is 1.51. The Hall–Kier alpha value is -1.49. The minimum absolute atomic E-state index is 0.0594. The monoisotopic (exact) mass is 263 g/mol. The molecule has 102 valence electrons. The number of aromatic nitrogens is 1. The summed E-state index contributed by atoms with van der Waals surface area (Å²) in [6, 6.07) is 1.77. The average molecular weight is 263 g/mol. The number of halogens is 1. The van der Waals surface area contributed by atoms with Crippen LogP contribution >= 0.6 is 0 Å². The van der Waals surface area contributed by atoms with Crippen molar-refractivity contribution < 1.29 is 9.18 Å². The van der Waals surface area contributed by atoms with Gasteiger partial charge in [0.1, 0.15) is 5.82 Å². The zero-order chi connectivity index (χ0) is 13.3. The molecule has 1 saturated heterocycles. The molecule has 1 aliphatic heterocycles. The second-order valence-electron chi connectivity index (χ2n) is 5.54. The zero-order valence-electron chi connectivity index (χ0n) is 10.8. The topological polar surface area (TPSA) is 54.0 Å². The summed E-state index contributed by atoms with van der Waals surface area (Å²) in [7, 11) is 0. The van der Waals surface area contributed by atoms with Gasteiger partial charge in [-0.05, 0) is 37.3 Å². The Balaban J connectivity index is 1.64. The summed E-state index contributed by atoms with van der Waals surface area (Å²) in [5.41, 5.74) is 0.780. The van der Waals surface area contributed by atoms with Crippen LogP contribution in [0.4, 0.5) is 4.39 Å². The summed E-state index contributed by atoms with van der Waals surface area (Å²) in [5, 5.41) is 6.59. The Labute approximate surface area is 111 Å². The third-order valence-electron chi connectivity index (χ3n) is 4.28. The summed E-state index contributed by atoms with van der Waals surface area (Å²) in [6.45, 7) is 0.590. The van der Waals surface area contributed by atoms with Crippen molar-refractivity contribution in [3.05, 3.63) is 29.8 Å². The van der Waals surface area contributed by atoms with Crippen molar-refractivity contribution in [2.75, 3.05) is 0 Å². The van der Waals surface area contributed by atoms with Crippen LogP contribution < -0.4 is 10.6 Å². The smallest absolute Gasteiger partial charge is 0.220 e. The Morgan fingerprint density at radius 2 is 2.32 bits per heavy atom. The number of hydrogen-bond donors (Lipinski definition) is 2. The number of hydrogen-bond acceptors (Lipinski definition) is 3. The quantitative estimate of drug-likeness (QED) is 0.869. The molecule has 0 radical (unpaired) electrons. The van der Waals surface area contributed by atoms with Gasteiger partial charge in [-0.3, -0.25) is 9.78 Å². The lowest BCUT2D eigenvalue weighted by Crippen LogP contribution is -2.67. The van der Waals surface area contributed by atoms with Crippen molar-refractivity contribution in [3.8, 4) is 0 Å². The molecule has 2 fully saturated rings. The number of nitrogens with one attached hydrogen (secondary N) is 2. The molecule has 0 bridgehead atoms. The lowest BCUT2D eigenvalue weighted by molar-refractivity contribution is -0.128. The highest BCUT2D eigenvalue weighted by Gasteiger charge is 2.47. The fourth-order valence-corrected chi connectivity index (χ4v) is 3.10. The first-order valence-electron chi connectivity index (χ1n) is 6.82. The molecular formula is C14H18FN3O. The van der Waals surface area contributed by atoms with E-state index in [1.165, 1.54) is 18.7 Å². The lowest BCUT2D eigenvalue weighted by Gasteiger charge is -2.51. The van der Waals surface area contributed by atoms with Crippen LogP contribution in [0.1, 0.15) is 37.7 Å². The normalized spacial score (nSPS) is 24.9. The van der Waals surface area contributed by atoms with Gasteiger partial charge in [-0.2, -0.15) is 0 Å². The van der Waals surface area contributed by atoms with Crippen LogP contribution in [0.5, 0.6) is 0 Å². The molecule has 5 heteroatoms. The van der Waals surface area contributed by atoms with Gasteiger partial charge in [-0.1, -0.05) is 0 Å². The summed E-state index contributed by atoms with van der Waals surface area (Å²) in [4.78, 5) is 15.4. The van der Waals surface area contributed by atoms with E-state index in [1.807, 2.05) is 0 Å². The van der Waals surface area contributed by atoms with Gasteiger partial charge in [0.15, 0.2) is 0 Å². The van der Waals surface area contributed by atoms with E-state index < -0.39 is 0 Å². The van der Waals surface area contributed by atoms with E-state index in [4.69, 9.17) is 0 Å². The molecule has 1 aromatic rings. The zero-order valence-corrected chi connectivity index (χ0v) is 10.8. The van der Waals surface area contributed by atoms with E-state index in [0.29, 0.717) is 13.0 Å².